The lowest BCUT2D eigenvalue weighted by Crippen LogP contribution is -2.50. The van der Waals surface area contributed by atoms with Gasteiger partial charge in [-0.05, 0) is 13.0 Å². The van der Waals surface area contributed by atoms with Crippen LogP contribution in [0.3, 0.4) is 0 Å². The summed E-state index contributed by atoms with van der Waals surface area (Å²) in [6.45, 7) is 5.82. The van der Waals surface area contributed by atoms with E-state index in [1.807, 2.05) is 19.1 Å². The fourth-order valence-electron chi connectivity index (χ4n) is 2.92. The van der Waals surface area contributed by atoms with Crippen LogP contribution in [-0.4, -0.2) is 62.0 Å². The van der Waals surface area contributed by atoms with Crippen LogP contribution in [0.4, 0.5) is 0 Å². The van der Waals surface area contributed by atoms with Crippen molar-refractivity contribution in [2.24, 2.45) is 0 Å². The summed E-state index contributed by atoms with van der Waals surface area (Å²) in [6.07, 6.45) is 0.286. The molecular formula is C17H24N2O4. The summed E-state index contributed by atoms with van der Waals surface area (Å²) < 4.78 is 10.7. The van der Waals surface area contributed by atoms with Crippen molar-refractivity contribution < 1.29 is 19.1 Å². The first-order valence-corrected chi connectivity index (χ1v) is 7.71. The lowest BCUT2D eigenvalue weighted by molar-refractivity contribution is -0.138. The van der Waals surface area contributed by atoms with Crippen molar-refractivity contribution in [3.8, 4) is 11.5 Å². The van der Waals surface area contributed by atoms with Crippen LogP contribution in [0.1, 0.15) is 18.1 Å². The summed E-state index contributed by atoms with van der Waals surface area (Å²) >= 11 is 0. The Morgan fingerprint density at radius 1 is 1.04 bits per heavy atom. The van der Waals surface area contributed by atoms with Gasteiger partial charge in [-0.3, -0.25) is 9.59 Å². The lowest BCUT2D eigenvalue weighted by atomic mass is 10.0. The smallest absolute Gasteiger partial charge is 0.227 e. The molecule has 2 amide bonds. The Morgan fingerprint density at radius 2 is 1.65 bits per heavy atom. The molecule has 1 aliphatic rings. The number of carbonyl (C=O) groups excluding carboxylic acids is 2. The van der Waals surface area contributed by atoms with Crippen molar-refractivity contribution in [2.75, 3.05) is 40.4 Å². The fraction of sp³-hybridized carbons (Fsp3) is 0.529. The van der Waals surface area contributed by atoms with E-state index in [0.29, 0.717) is 31.9 Å². The Bertz CT molecular complexity index is 593. The predicted molar refractivity (Wildman–Crippen MR) is 86.8 cm³/mol. The van der Waals surface area contributed by atoms with E-state index in [4.69, 9.17) is 9.47 Å². The summed E-state index contributed by atoms with van der Waals surface area (Å²) in [4.78, 5) is 27.4. The Morgan fingerprint density at radius 3 is 2.17 bits per heavy atom. The first-order valence-electron chi connectivity index (χ1n) is 7.71. The first-order chi connectivity index (χ1) is 11.0. The second-order valence-corrected chi connectivity index (χ2v) is 5.65. The minimum absolute atomic E-state index is 0.0519. The van der Waals surface area contributed by atoms with E-state index in [0.717, 1.165) is 16.9 Å². The second-order valence-electron chi connectivity index (χ2n) is 5.65. The Hall–Kier alpha value is -2.24. The molecule has 0 radical (unpaired) electrons. The van der Waals surface area contributed by atoms with Crippen LogP contribution in [0.2, 0.25) is 0 Å². The molecule has 0 spiro atoms. The molecule has 6 heteroatoms. The molecule has 126 valence electrons. The van der Waals surface area contributed by atoms with Gasteiger partial charge < -0.3 is 19.3 Å². The van der Waals surface area contributed by atoms with Crippen LogP contribution < -0.4 is 9.47 Å². The van der Waals surface area contributed by atoms with Crippen LogP contribution in [0.25, 0.3) is 0 Å². The van der Waals surface area contributed by atoms with Crippen molar-refractivity contribution in [1.29, 1.82) is 0 Å². The SMILES string of the molecule is COc1ccc(CC(=O)N2CCN(C(C)=O)CC2)c(OC)c1C. The topological polar surface area (TPSA) is 59.1 Å². The molecule has 0 saturated carbocycles. The molecule has 0 aromatic heterocycles. The number of methoxy groups -OCH3 is 2. The molecule has 2 rings (SSSR count). The molecule has 1 heterocycles. The summed E-state index contributed by atoms with van der Waals surface area (Å²) in [5.74, 6) is 1.55. The molecule has 23 heavy (non-hydrogen) atoms. The van der Waals surface area contributed by atoms with E-state index in [9.17, 15) is 9.59 Å². The van der Waals surface area contributed by atoms with Gasteiger partial charge in [0.2, 0.25) is 11.8 Å². The zero-order valence-corrected chi connectivity index (χ0v) is 14.2. The highest BCUT2D eigenvalue weighted by Crippen LogP contribution is 2.31. The number of amides is 2. The van der Waals surface area contributed by atoms with Crippen molar-refractivity contribution in [2.45, 2.75) is 20.3 Å². The van der Waals surface area contributed by atoms with Crippen LogP contribution in [0.15, 0.2) is 12.1 Å². The minimum atomic E-state index is 0.0519. The van der Waals surface area contributed by atoms with Gasteiger partial charge in [-0.15, -0.1) is 0 Å². The summed E-state index contributed by atoms with van der Waals surface area (Å²) in [7, 11) is 3.21. The highest BCUT2D eigenvalue weighted by atomic mass is 16.5. The monoisotopic (exact) mass is 320 g/mol. The highest BCUT2D eigenvalue weighted by molar-refractivity contribution is 5.80. The van der Waals surface area contributed by atoms with Crippen LogP contribution >= 0.6 is 0 Å². The van der Waals surface area contributed by atoms with E-state index in [-0.39, 0.29) is 18.2 Å². The molecule has 1 fully saturated rings. The number of ether oxygens (including phenoxy) is 2. The maximum Gasteiger partial charge on any atom is 0.227 e. The van der Waals surface area contributed by atoms with Crippen molar-refractivity contribution >= 4 is 11.8 Å². The second kappa shape index (κ2) is 7.35. The number of piperazine rings is 1. The van der Waals surface area contributed by atoms with Crippen molar-refractivity contribution in [3.63, 3.8) is 0 Å². The van der Waals surface area contributed by atoms with Gasteiger partial charge in [0, 0.05) is 44.2 Å². The minimum Gasteiger partial charge on any atom is -0.496 e. The van der Waals surface area contributed by atoms with E-state index in [1.54, 1.807) is 30.9 Å². The molecule has 6 nitrogen and oxygen atoms in total. The third-order valence-electron chi connectivity index (χ3n) is 4.28. The quantitative estimate of drug-likeness (QED) is 0.838. The normalized spacial score (nSPS) is 14.6. The number of rotatable bonds is 4. The molecular weight excluding hydrogens is 296 g/mol. The Labute approximate surface area is 137 Å². The van der Waals surface area contributed by atoms with Gasteiger partial charge in [0.1, 0.15) is 11.5 Å². The average Bonchev–Trinajstić information content (AvgIpc) is 2.55. The van der Waals surface area contributed by atoms with Crippen molar-refractivity contribution in [1.82, 2.24) is 9.80 Å². The van der Waals surface area contributed by atoms with E-state index in [2.05, 4.69) is 0 Å². The lowest BCUT2D eigenvalue weighted by Gasteiger charge is -2.34. The van der Waals surface area contributed by atoms with Crippen LogP contribution in [-0.2, 0) is 16.0 Å². The average molecular weight is 320 g/mol. The molecule has 0 aliphatic carbocycles. The van der Waals surface area contributed by atoms with Crippen LogP contribution in [0, 0.1) is 6.92 Å². The third kappa shape index (κ3) is 3.75. The van der Waals surface area contributed by atoms with Gasteiger partial charge in [-0.2, -0.15) is 0 Å². The summed E-state index contributed by atoms with van der Waals surface area (Å²) in [5, 5.41) is 0. The molecule has 0 unspecified atom stereocenters. The number of hydrogen-bond acceptors (Lipinski definition) is 4. The molecule has 0 N–H and O–H groups in total. The largest absolute Gasteiger partial charge is 0.496 e. The number of hydrogen-bond donors (Lipinski definition) is 0. The number of carbonyl (C=O) groups is 2. The Kier molecular flexibility index (Phi) is 5.47. The maximum atomic E-state index is 12.5. The first kappa shape index (κ1) is 17.1. The standard InChI is InChI=1S/C17H24N2O4/c1-12-15(22-3)6-5-14(17(12)23-4)11-16(21)19-9-7-18(8-10-19)13(2)20/h5-6H,7-11H2,1-4H3. The molecule has 1 saturated heterocycles. The fourth-order valence-corrected chi connectivity index (χ4v) is 2.92. The number of benzene rings is 1. The van der Waals surface area contributed by atoms with Gasteiger partial charge >= 0.3 is 0 Å². The predicted octanol–water partition coefficient (Wildman–Crippen LogP) is 1.25. The van der Waals surface area contributed by atoms with E-state index >= 15 is 0 Å². The van der Waals surface area contributed by atoms with Gasteiger partial charge in [-0.25, -0.2) is 0 Å². The summed E-state index contributed by atoms with van der Waals surface area (Å²) in [6, 6.07) is 3.72. The highest BCUT2D eigenvalue weighted by Gasteiger charge is 2.23. The Balaban J connectivity index is 2.06. The molecule has 1 aliphatic heterocycles. The van der Waals surface area contributed by atoms with E-state index < -0.39 is 0 Å². The van der Waals surface area contributed by atoms with Crippen LogP contribution in [0.5, 0.6) is 11.5 Å². The van der Waals surface area contributed by atoms with E-state index in [1.165, 1.54) is 0 Å². The van der Waals surface area contributed by atoms with Crippen molar-refractivity contribution in [3.05, 3.63) is 23.3 Å². The zero-order chi connectivity index (χ0) is 17.0. The molecule has 0 atom stereocenters. The van der Waals surface area contributed by atoms with Gasteiger partial charge in [0.25, 0.3) is 0 Å². The van der Waals surface area contributed by atoms with Gasteiger partial charge in [0.15, 0.2) is 0 Å². The van der Waals surface area contributed by atoms with Gasteiger partial charge in [-0.1, -0.05) is 6.07 Å². The third-order valence-corrected chi connectivity index (χ3v) is 4.28. The maximum absolute atomic E-state index is 12.5. The van der Waals surface area contributed by atoms with Gasteiger partial charge in [0.05, 0.1) is 20.6 Å². The molecule has 1 aromatic carbocycles. The zero-order valence-electron chi connectivity index (χ0n) is 14.2. The molecule has 0 bridgehead atoms. The summed E-state index contributed by atoms with van der Waals surface area (Å²) in [5.41, 5.74) is 1.74. The molecule has 1 aromatic rings. The number of nitrogens with zero attached hydrogens (tertiary/aromatic N) is 2.